The lowest BCUT2D eigenvalue weighted by Gasteiger charge is -2.29. The van der Waals surface area contributed by atoms with Gasteiger partial charge in [0.05, 0.1) is 18.0 Å². The van der Waals surface area contributed by atoms with Crippen LogP contribution in [0.25, 0.3) is 0 Å². The topological polar surface area (TPSA) is 84.5 Å². The molecule has 0 aliphatic carbocycles. The lowest BCUT2D eigenvalue weighted by Crippen LogP contribution is -2.57. The number of alkyl halides is 1. The van der Waals surface area contributed by atoms with Crippen LogP contribution in [0, 0.1) is 12.8 Å². The number of hydrogen-bond donors (Lipinski definition) is 2. The second-order valence-corrected chi connectivity index (χ2v) is 7.18. The van der Waals surface area contributed by atoms with E-state index in [4.69, 9.17) is 16.3 Å². The van der Waals surface area contributed by atoms with Gasteiger partial charge in [-0.15, -0.1) is 11.6 Å². The molecule has 3 atom stereocenters. The van der Waals surface area contributed by atoms with Gasteiger partial charge in [-0.1, -0.05) is 31.5 Å². The number of rotatable bonds is 8. The summed E-state index contributed by atoms with van der Waals surface area (Å²) in [6, 6.07) is 5.63. The number of methoxy groups -OCH3 is 1. The maximum atomic E-state index is 12.6. The Bertz CT molecular complexity index is 592. The number of ether oxygens (including phenoxy) is 1. The average molecular weight is 375 g/mol. The fraction of sp³-hybridized carbons (Fsp3) is 0.500. The zero-order valence-electron chi connectivity index (χ0n) is 14.2. The first-order valence-corrected chi connectivity index (χ1v) is 9.16. The average Bonchev–Trinajstić information content (AvgIpc) is 2.57. The van der Waals surface area contributed by atoms with E-state index in [2.05, 4.69) is 10.0 Å². The molecule has 0 aromatic heterocycles. The summed E-state index contributed by atoms with van der Waals surface area (Å²) in [5, 5.41) is 2.52. The number of halogens is 1. The predicted molar refractivity (Wildman–Crippen MR) is 94.0 cm³/mol. The standard InChI is InChI=1S/C16H23ClN2O4S/c1-10(2)14(15(16(21)23-4)18-13(20)9-17)19-24(22)12-7-5-11(3)6-8-12/h5-8,10,14-15,19H,9H2,1-4H3,(H,18,20)/t14-,15+,24?/m1/s1. The molecule has 0 aliphatic heterocycles. The van der Waals surface area contributed by atoms with Gasteiger partial charge in [0.1, 0.15) is 22.9 Å². The smallest absolute Gasteiger partial charge is 0.330 e. The number of benzene rings is 1. The summed E-state index contributed by atoms with van der Waals surface area (Å²) >= 11 is 5.50. The molecule has 8 heteroatoms. The van der Waals surface area contributed by atoms with Crippen molar-refractivity contribution in [3.05, 3.63) is 29.8 Å². The van der Waals surface area contributed by atoms with E-state index in [1.807, 2.05) is 32.9 Å². The van der Waals surface area contributed by atoms with Gasteiger partial charge in [0.25, 0.3) is 0 Å². The van der Waals surface area contributed by atoms with Crippen LogP contribution in [-0.2, 0) is 25.3 Å². The molecule has 0 spiro atoms. The highest BCUT2D eigenvalue weighted by Gasteiger charge is 2.34. The summed E-state index contributed by atoms with van der Waals surface area (Å²) in [6.07, 6.45) is 0. The summed E-state index contributed by atoms with van der Waals surface area (Å²) in [5.41, 5.74) is 1.05. The van der Waals surface area contributed by atoms with Crippen LogP contribution in [0.3, 0.4) is 0 Å². The molecule has 0 radical (unpaired) electrons. The highest BCUT2D eigenvalue weighted by Crippen LogP contribution is 2.13. The van der Waals surface area contributed by atoms with Crippen molar-refractivity contribution in [2.45, 2.75) is 37.8 Å². The van der Waals surface area contributed by atoms with E-state index in [1.165, 1.54) is 7.11 Å². The third kappa shape index (κ3) is 5.89. The Labute approximate surface area is 149 Å². The van der Waals surface area contributed by atoms with Crippen molar-refractivity contribution < 1.29 is 18.5 Å². The van der Waals surface area contributed by atoms with Crippen LogP contribution in [-0.4, -0.2) is 41.2 Å². The van der Waals surface area contributed by atoms with E-state index in [0.29, 0.717) is 4.90 Å². The maximum absolute atomic E-state index is 12.6. The van der Waals surface area contributed by atoms with Crippen LogP contribution in [0.1, 0.15) is 19.4 Å². The van der Waals surface area contributed by atoms with Gasteiger partial charge in [-0.3, -0.25) is 4.79 Å². The van der Waals surface area contributed by atoms with Crippen molar-refractivity contribution in [2.24, 2.45) is 5.92 Å². The van der Waals surface area contributed by atoms with E-state index >= 15 is 0 Å². The number of carbonyl (C=O) groups excluding carboxylic acids is 2. The van der Waals surface area contributed by atoms with Crippen LogP contribution in [0.4, 0.5) is 0 Å². The quantitative estimate of drug-likeness (QED) is 0.534. The van der Waals surface area contributed by atoms with E-state index in [-0.39, 0.29) is 11.8 Å². The molecule has 1 amide bonds. The molecule has 0 fully saturated rings. The summed E-state index contributed by atoms with van der Waals surface area (Å²) in [5.74, 6) is -1.50. The first kappa shape index (κ1) is 20.6. The number of nitrogens with one attached hydrogen (secondary N) is 2. The first-order chi connectivity index (χ1) is 11.3. The number of esters is 1. The summed E-state index contributed by atoms with van der Waals surface area (Å²) in [6.45, 7) is 5.64. The monoisotopic (exact) mass is 374 g/mol. The van der Waals surface area contributed by atoms with Crippen LogP contribution in [0.2, 0.25) is 0 Å². The second-order valence-electron chi connectivity index (χ2n) is 5.67. The van der Waals surface area contributed by atoms with Crippen LogP contribution in [0.15, 0.2) is 29.2 Å². The lowest BCUT2D eigenvalue weighted by molar-refractivity contribution is -0.145. The van der Waals surface area contributed by atoms with E-state index in [1.54, 1.807) is 12.1 Å². The fourth-order valence-corrected chi connectivity index (χ4v) is 3.33. The van der Waals surface area contributed by atoms with Crippen LogP contribution < -0.4 is 10.0 Å². The normalized spacial score (nSPS) is 14.8. The zero-order chi connectivity index (χ0) is 18.3. The predicted octanol–water partition coefficient (Wildman–Crippen LogP) is 1.53. The molecule has 24 heavy (non-hydrogen) atoms. The molecular weight excluding hydrogens is 352 g/mol. The van der Waals surface area contributed by atoms with E-state index < -0.39 is 34.9 Å². The van der Waals surface area contributed by atoms with Crippen LogP contribution >= 0.6 is 11.6 Å². The molecule has 1 aromatic rings. The van der Waals surface area contributed by atoms with Gasteiger partial charge >= 0.3 is 5.97 Å². The Morgan fingerprint density at radius 1 is 1.25 bits per heavy atom. The maximum Gasteiger partial charge on any atom is 0.330 e. The van der Waals surface area contributed by atoms with E-state index in [9.17, 15) is 13.8 Å². The number of amides is 1. The molecule has 0 saturated heterocycles. The van der Waals surface area contributed by atoms with Gasteiger partial charge in [-0.25, -0.2) is 13.7 Å². The minimum absolute atomic E-state index is 0.0980. The molecule has 6 nitrogen and oxygen atoms in total. The molecule has 0 aliphatic rings. The van der Waals surface area contributed by atoms with Gasteiger partial charge in [0.2, 0.25) is 5.91 Å². The first-order valence-electron chi connectivity index (χ1n) is 7.48. The molecule has 0 bridgehead atoms. The third-order valence-corrected chi connectivity index (χ3v) is 4.88. The minimum atomic E-state index is -1.54. The Hall–Kier alpha value is -1.44. The number of carbonyl (C=O) groups is 2. The third-order valence-electron chi connectivity index (χ3n) is 3.45. The Morgan fingerprint density at radius 2 is 1.83 bits per heavy atom. The van der Waals surface area contributed by atoms with Gasteiger partial charge in [-0.2, -0.15) is 0 Å². The van der Waals surface area contributed by atoms with Gasteiger partial charge in [0.15, 0.2) is 0 Å². The molecule has 1 unspecified atom stereocenters. The number of aryl methyl sites for hydroxylation is 1. The molecule has 134 valence electrons. The second kappa shape index (κ2) is 9.76. The van der Waals surface area contributed by atoms with Crippen molar-refractivity contribution in [2.75, 3.05) is 13.0 Å². The molecule has 0 heterocycles. The highest BCUT2D eigenvalue weighted by molar-refractivity contribution is 7.83. The van der Waals surface area contributed by atoms with Crippen molar-refractivity contribution in [1.29, 1.82) is 0 Å². The van der Waals surface area contributed by atoms with Crippen LogP contribution in [0.5, 0.6) is 0 Å². The number of hydrogen-bond acceptors (Lipinski definition) is 4. The lowest BCUT2D eigenvalue weighted by atomic mass is 9.97. The summed E-state index contributed by atoms with van der Waals surface area (Å²) in [7, 11) is -0.308. The Balaban J connectivity index is 3.00. The Kier molecular flexibility index (Phi) is 8.38. The van der Waals surface area contributed by atoms with Gasteiger partial charge < -0.3 is 10.1 Å². The highest BCUT2D eigenvalue weighted by atomic mass is 35.5. The molecule has 0 saturated carbocycles. The summed E-state index contributed by atoms with van der Waals surface area (Å²) < 4.78 is 20.2. The largest absolute Gasteiger partial charge is 0.467 e. The van der Waals surface area contributed by atoms with Crippen molar-refractivity contribution >= 4 is 34.5 Å². The zero-order valence-corrected chi connectivity index (χ0v) is 15.7. The molecule has 2 N–H and O–H groups in total. The SMILES string of the molecule is COC(=O)[C@@H](NC(=O)CCl)[C@H](NS(=O)c1ccc(C)cc1)C(C)C. The molecule has 1 aromatic carbocycles. The van der Waals surface area contributed by atoms with Crippen molar-refractivity contribution in [1.82, 2.24) is 10.0 Å². The Morgan fingerprint density at radius 3 is 2.29 bits per heavy atom. The molecular formula is C16H23ClN2O4S. The summed E-state index contributed by atoms with van der Waals surface area (Å²) in [4.78, 5) is 24.2. The van der Waals surface area contributed by atoms with Gasteiger partial charge in [0, 0.05) is 0 Å². The fourth-order valence-electron chi connectivity index (χ4n) is 2.08. The molecule has 1 rings (SSSR count). The minimum Gasteiger partial charge on any atom is -0.467 e. The van der Waals surface area contributed by atoms with Crippen molar-refractivity contribution in [3.63, 3.8) is 0 Å². The van der Waals surface area contributed by atoms with Gasteiger partial charge in [-0.05, 0) is 25.0 Å². The van der Waals surface area contributed by atoms with Crippen molar-refractivity contribution in [3.8, 4) is 0 Å². The van der Waals surface area contributed by atoms with E-state index in [0.717, 1.165) is 5.56 Å².